The van der Waals surface area contributed by atoms with Gasteiger partial charge >= 0.3 is 0 Å². The van der Waals surface area contributed by atoms with Crippen LogP contribution in [0.5, 0.6) is 0 Å². The Balaban J connectivity index is 3.00. The van der Waals surface area contributed by atoms with Crippen LogP contribution in [0.2, 0.25) is 5.02 Å². The summed E-state index contributed by atoms with van der Waals surface area (Å²) in [5.41, 5.74) is 8.20. The van der Waals surface area contributed by atoms with Crippen molar-refractivity contribution in [2.45, 2.75) is 26.3 Å². The average molecular weight is 271 g/mol. The smallest absolute Gasteiger partial charge is 0.0637 e. The zero-order valence-electron chi connectivity index (χ0n) is 11.4. The molecule has 0 radical (unpaired) electrons. The fourth-order valence-corrected chi connectivity index (χ4v) is 2.26. The Morgan fingerprint density at radius 2 is 2.17 bits per heavy atom. The van der Waals surface area contributed by atoms with E-state index in [1.54, 1.807) is 7.11 Å². The molecular weight excluding hydrogens is 248 g/mol. The third kappa shape index (κ3) is 4.16. The van der Waals surface area contributed by atoms with Crippen molar-refractivity contribution in [3.63, 3.8) is 0 Å². The van der Waals surface area contributed by atoms with E-state index in [-0.39, 0.29) is 6.04 Å². The first-order valence-corrected chi connectivity index (χ1v) is 6.74. The molecule has 0 saturated heterocycles. The second-order valence-corrected chi connectivity index (χ2v) is 4.90. The molecule has 1 unspecified atom stereocenters. The number of methoxy groups -OCH3 is 1. The highest BCUT2D eigenvalue weighted by Gasteiger charge is 2.13. The minimum Gasteiger partial charge on any atom is -0.383 e. The van der Waals surface area contributed by atoms with Crippen molar-refractivity contribution in [3.05, 3.63) is 28.8 Å². The van der Waals surface area contributed by atoms with Crippen LogP contribution in [0.25, 0.3) is 0 Å². The predicted octanol–water partition coefficient (Wildman–Crippen LogP) is 2.70. The monoisotopic (exact) mass is 270 g/mol. The van der Waals surface area contributed by atoms with Crippen LogP contribution in [0.15, 0.2) is 18.2 Å². The van der Waals surface area contributed by atoms with E-state index in [4.69, 9.17) is 22.1 Å². The SMILES string of the molecule is CCN(CCOC)c1cccc(Cl)c1CC(C)N. The van der Waals surface area contributed by atoms with E-state index >= 15 is 0 Å². The Hall–Kier alpha value is -0.770. The largest absolute Gasteiger partial charge is 0.383 e. The van der Waals surface area contributed by atoms with Gasteiger partial charge in [0.05, 0.1) is 6.61 Å². The van der Waals surface area contributed by atoms with Gasteiger partial charge in [0, 0.05) is 37.0 Å². The second kappa shape index (κ2) is 7.62. The molecule has 4 heteroatoms. The number of benzene rings is 1. The van der Waals surface area contributed by atoms with Crippen molar-refractivity contribution in [3.8, 4) is 0 Å². The van der Waals surface area contributed by atoms with Gasteiger partial charge in [0.15, 0.2) is 0 Å². The molecule has 1 rings (SSSR count). The normalized spacial score (nSPS) is 12.5. The Labute approximate surface area is 115 Å². The average Bonchev–Trinajstić information content (AvgIpc) is 2.33. The molecule has 1 atom stereocenters. The highest BCUT2D eigenvalue weighted by atomic mass is 35.5. The summed E-state index contributed by atoms with van der Waals surface area (Å²) in [4.78, 5) is 2.27. The zero-order valence-corrected chi connectivity index (χ0v) is 12.2. The lowest BCUT2D eigenvalue weighted by molar-refractivity contribution is 0.205. The van der Waals surface area contributed by atoms with E-state index in [1.807, 2.05) is 19.1 Å². The molecule has 0 fully saturated rings. The van der Waals surface area contributed by atoms with E-state index < -0.39 is 0 Å². The molecule has 0 amide bonds. The van der Waals surface area contributed by atoms with Crippen LogP contribution in [0.4, 0.5) is 5.69 Å². The maximum absolute atomic E-state index is 6.30. The van der Waals surface area contributed by atoms with E-state index in [0.29, 0.717) is 6.61 Å². The summed E-state index contributed by atoms with van der Waals surface area (Å²) < 4.78 is 5.15. The van der Waals surface area contributed by atoms with Gasteiger partial charge in [0.1, 0.15) is 0 Å². The maximum Gasteiger partial charge on any atom is 0.0637 e. The van der Waals surface area contributed by atoms with Gasteiger partial charge in [-0.25, -0.2) is 0 Å². The number of likely N-dealkylation sites (N-methyl/N-ethyl adjacent to an activating group) is 1. The summed E-state index contributed by atoms with van der Waals surface area (Å²) in [6.45, 7) is 6.62. The highest BCUT2D eigenvalue weighted by Crippen LogP contribution is 2.28. The Morgan fingerprint density at radius 1 is 1.44 bits per heavy atom. The number of nitrogens with two attached hydrogens (primary N) is 1. The predicted molar refractivity (Wildman–Crippen MR) is 78.6 cm³/mol. The molecule has 2 N–H and O–H groups in total. The standard InChI is InChI=1S/C14H23ClN2O/c1-4-17(8-9-18-3)14-7-5-6-13(15)12(14)10-11(2)16/h5-7,11H,4,8-10,16H2,1-3H3. The molecule has 0 heterocycles. The van der Waals surface area contributed by atoms with Gasteiger partial charge in [-0.05, 0) is 38.0 Å². The molecule has 18 heavy (non-hydrogen) atoms. The van der Waals surface area contributed by atoms with Gasteiger partial charge in [-0.3, -0.25) is 0 Å². The molecule has 102 valence electrons. The van der Waals surface area contributed by atoms with Crippen LogP contribution in [-0.4, -0.2) is 32.8 Å². The third-order valence-electron chi connectivity index (χ3n) is 2.91. The zero-order chi connectivity index (χ0) is 13.5. The Kier molecular flexibility index (Phi) is 6.47. The molecular formula is C14H23ClN2O. The number of nitrogens with zero attached hydrogens (tertiary/aromatic N) is 1. The number of ether oxygens (including phenoxy) is 1. The number of anilines is 1. The minimum absolute atomic E-state index is 0.102. The Morgan fingerprint density at radius 3 is 2.72 bits per heavy atom. The molecule has 0 bridgehead atoms. The van der Waals surface area contributed by atoms with E-state index in [2.05, 4.69) is 17.9 Å². The summed E-state index contributed by atoms with van der Waals surface area (Å²) >= 11 is 6.30. The fourth-order valence-electron chi connectivity index (χ4n) is 2.02. The van der Waals surface area contributed by atoms with E-state index in [1.165, 1.54) is 5.69 Å². The molecule has 3 nitrogen and oxygen atoms in total. The number of hydrogen-bond acceptors (Lipinski definition) is 3. The summed E-state index contributed by atoms with van der Waals surface area (Å²) in [7, 11) is 1.72. The molecule has 0 spiro atoms. The van der Waals surface area contributed by atoms with Crippen LogP contribution in [-0.2, 0) is 11.2 Å². The van der Waals surface area contributed by atoms with Crippen molar-refractivity contribution in [2.75, 3.05) is 31.7 Å². The maximum atomic E-state index is 6.30. The first-order chi connectivity index (χ1) is 8.60. The molecule has 0 aliphatic rings. The van der Waals surface area contributed by atoms with Gasteiger partial charge in [-0.1, -0.05) is 17.7 Å². The first-order valence-electron chi connectivity index (χ1n) is 6.37. The fraction of sp³-hybridized carbons (Fsp3) is 0.571. The topological polar surface area (TPSA) is 38.5 Å². The first kappa shape index (κ1) is 15.3. The second-order valence-electron chi connectivity index (χ2n) is 4.49. The molecule has 1 aromatic rings. The van der Waals surface area contributed by atoms with Gasteiger partial charge in [-0.15, -0.1) is 0 Å². The van der Waals surface area contributed by atoms with E-state index in [9.17, 15) is 0 Å². The van der Waals surface area contributed by atoms with Crippen molar-refractivity contribution >= 4 is 17.3 Å². The van der Waals surface area contributed by atoms with Gasteiger partial charge in [0.25, 0.3) is 0 Å². The van der Waals surface area contributed by atoms with Gasteiger partial charge in [-0.2, -0.15) is 0 Å². The number of hydrogen-bond donors (Lipinski definition) is 1. The lowest BCUT2D eigenvalue weighted by Gasteiger charge is -2.26. The number of halogens is 1. The number of rotatable bonds is 7. The summed E-state index contributed by atoms with van der Waals surface area (Å²) in [6.07, 6.45) is 0.790. The highest BCUT2D eigenvalue weighted by molar-refractivity contribution is 6.31. The molecule has 0 aliphatic carbocycles. The minimum atomic E-state index is 0.102. The quantitative estimate of drug-likeness (QED) is 0.828. The van der Waals surface area contributed by atoms with Crippen molar-refractivity contribution < 1.29 is 4.74 Å². The van der Waals surface area contributed by atoms with Crippen LogP contribution >= 0.6 is 11.6 Å². The summed E-state index contributed by atoms with van der Waals surface area (Å²) in [5, 5.41) is 0.792. The molecule has 0 aliphatic heterocycles. The lowest BCUT2D eigenvalue weighted by atomic mass is 10.0. The van der Waals surface area contributed by atoms with Crippen LogP contribution in [0.1, 0.15) is 19.4 Å². The molecule has 1 aromatic carbocycles. The molecule has 0 saturated carbocycles. The van der Waals surface area contributed by atoms with Crippen LogP contribution < -0.4 is 10.6 Å². The van der Waals surface area contributed by atoms with Crippen LogP contribution in [0, 0.1) is 0 Å². The van der Waals surface area contributed by atoms with Crippen molar-refractivity contribution in [1.29, 1.82) is 0 Å². The summed E-state index contributed by atoms with van der Waals surface area (Å²) in [5.74, 6) is 0. The lowest BCUT2D eigenvalue weighted by Crippen LogP contribution is -2.29. The summed E-state index contributed by atoms with van der Waals surface area (Å²) in [6, 6.07) is 6.11. The van der Waals surface area contributed by atoms with E-state index in [0.717, 1.165) is 30.1 Å². The van der Waals surface area contributed by atoms with Crippen molar-refractivity contribution in [1.82, 2.24) is 0 Å². The van der Waals surface area contributed by atoms with Crippen LogP contribution in [0.3, 0.4) is 0 Å². The molecule has 0 aromatic heterocycles. The van der Waals surface area contributed by atoms with Gasteiger partial charge < -0.3 is 15.4 Å². The van der Waals surface area contributed by atoms with Crippen molar-refractivity contribution in [2.24, 2.45) is 5.73 Å². The Bertz CT molecular complexity index is 369. The third-order valence-corrected chi connectivity index (χ3v) is 3.26. The van der Waals surface area contributed by atoms with Gasteiger partial charge in [0.2, 0.25) is 0 Å².